The number of ether oxygens (including phenoxy) is 2. The number of anilines is 1. The minimum Gasteiger partial charge on any atom is -0.475 e. The summed E-state index contributed by atoms with van der Waals surface area (Å²) in [6.07, 6.45) is 1.45. The lowest BCUT2D eigenvalue weighted by Gasteiger charge is -2.19. The molecule has 1 N–H and O–H groups in total. The predicted molar refractivity (Wildman–Crippen MR) is 98.6 cm³/mol. The number of rotatable bonds is 6. The number of amides is 1. The van der Waals surface area contributed by atoms with Crippen LogP contribution in [-0.2, 0) is 10.2 Å². The van der Waals surface area contributed by atoms with Crippen LogP contribution < -0.4 is 10.1 Å². The summed E-state index contributed by atoms with van der Waals surface area (Å²) in [4.78, 5) is 16.4. The maximum atomic E-state index is 12.3. The standard InChI is InChI=1S/C19H27N3O4/c1-18(2,3)14-11-16(26-22-14)21-17(23)13-7-8-15(20-12-13)24-9-10-25-19(4,5)6/h7-8,11-12H,9-10H2,1-6H3,(H,21,23). The van der Waals surface area contributed by atoms with Gasteiger partial charge in [0, 0.05) is 23.7 Å². The maximum Gasteiger partial charge on any atom is 0.259 e. The molecule has 0 aliphatic heterocycles. The molecule has 142 valence electrons. The lowest BCUT2D eigenvalue weighted by molar-refractivity contribution is -0.0168. The molecule has 0 aromatic carbocycles. The molecule has 0 atom stereocenters. The van der Waals surface area contributed by atoms with Crippen LogP contribution in [0.4, 0.5) is 5.88 Å². The first kappa shape index (κ1) is 19.9. The van der Waals surface area contributed by atoms with E-state index >= 15 is 0 Å². The van der Waals surface area contributed by atoms with Crippen LogP contribution >= 0.6 is 0 Å². The van der Waals surface area contributed by atoms with Crippen molar-refractivity contribution in [2.24, 2.45) is 0 Å². The maximum absolute atomic E-state index is 12.3. The van der Waals surface area contributed by atoms with Crippen LogP contribution in [0, 0.1) is 0 Å². The smallest absolute Gasteiger partial charge is 0.259 e. The van der Waals surface area contributed by atoms with Gasteiger partial charge in [0.05, 0.1) is 23.5 Å². The van der Waals surface area contributed by atoms with Gasteiger partial charge in [0.2, 0.25) is 11.8 Å². The lowest BCUT2D eigenvalue weighted by atomic mass is 9.92. The van der Waals surface area contributed by atoms with Gasteiger partial charge in [-0.05, 0) is 26.8 Å². The molecule has 26 heavy (non-hydrogen) atoms. The molecule has 2 aromatic rings. The fraction of sp³-hybridized carbons (Fsp3) is 0.526. The van der Waals surface area contributed by atoms with Crippen molar-refractivity contribution in [3.63, 3.8) is 0 Å². The number of nitrogens with zero attached hydrogens (tertiary/aromatic N) is 2. The molecule has 0 saturated heterocycles. The fourth-order valence-corrected chi connectivity index (χ4v) is 1.97. The summed E-state index contributed by atoms with van der Waals surface area (Å²) in [5, 5.41) is 6.64. The van der Waals surface area contributed by atoms with Crippen LogP contribution in [0.2, 0.25) is 0 Å². The molecule has 0 fully saturated rings. The lowest BCUT2D eigenvalue weighted by Crippen LogP contribution is -2.22. The highest BCUT2D eigenvalue weighted by molar-refractivity contribution is 6.03. The number of nitrogens with one attached hydrogen (secondary N) is 1. The highest BCUT2D eigenvalue weighted by atomic mass is 16.5. The Morgan fingerprint density at radius 2 is 1.88 bits per heavy atom. The van der Waals surface area contributed by atoms with Gasteiger partial charge in [-0.2, -0.15) is 0 Å². The zero-order chi connectivity index (χ0) is 19.4. The van der Waals surface area contributed by atoms with Crippen LogP contribution in [0.5, 0.6) is 5.88 Å². The molecular weight excluding hydrogens is 334 g/mol. The van der Waals surface area contributed by atoms with Gasteiger partial charge in [-0.3, -0.25) is 10.1 Å². The number of carbonyl (C=O) groups excluding carboxylic acids is 1. The average Bonchev–Trinajstić information content (AvgIpc) is 3.00. The Morgan fingerprint density at radius 3 is 2.42 bits per heavy atom. The molecule has 0 aliphatic rings. The van der Waals surface area contributed by atoms with Crippen LogP contribution in [0.15, 0.2) is 28.9 Å². The molecule has 7 heteroatoms. The SMILES string of the molecule is CC(C)(C)OCCOc1ccc(C(=O)Nc2cc(C(C)(C)C)no2)cn1. The largest absolute Gasteiger partial charge is 0.475 e. The Hall–Kier alpha value is -2.41. The minimum absolute atomic E-state index is 0.149. The third-order valence-corrected chi connectivity index (χ3v) is 3.38. The van der Waals surface area contributed by atoms with Gasteiger partial charge in [0.1, 0.15) is 6.61 Å². The van der Waals surface area contributed by atoms with E-state index in [0.29, 0.717) is 30.5 Å². The van der Waals surface area contributed by atoms with Gasteiger partial charge in [-0.25, -0.2) is 4.98 Å². The minimum atomic E-state index is -0.322. The molecule has 0 saturated carbocycles. The van der Waals surface area contributed by atoms with Crippen LogP contribution in [0.3, 0.4) is 0 Å². The molecule has 2 aromatic heterocycles. The van der Waals surface area contributed by atoms with Gasteiger partial charge in [0.15, 0.2) is 0 Å². The number of hydrogen-bond donors (Lipinski definition) is 1. The second-order valence-electron chi connectivity index (χ2n) is 7.97. The second-order valence-corrected chi connectivity index (χ2v) is 7.97. The normalized spacial score (nSPS) is 12.1. The fourth-order valence-electron chi connectivity index (χ4n) is 1.97. The quantitative estimate of drug-likeness (QED) is 0.787. The third kappa shape index (κ3) is 6.15. The molecule has 0 radical (unpaired) electrons. The van der Waals surface area contributed by atoms with Crippen LogP contribution in [0.25, 0.3) is 0 Å². The third-order valence-electron chi connectivity index (χ3n) is 3.38. The molecule has 1 amide bonds. The number of hydrogen-bond acceptors (Lipinski definition) is 6. The first-order valence-corrected chi connectivity index (χ1v) is 8.56. The van der Waals surface area contributed by atoms with Gasteiger partial charge >= 0.3 is 0 Å². The molecule has 0 aliphatic carbocycles. The van der Waals surface area contributed by atoms with E-state index in [2.05, 4.69) is 15.5 Å². The Morgan fingerprint density at radius 1 is 1.15 bits per heavy atom. The number of aromatic nitrogens is 2. The second kappa shape index (κ2) is 7.86. The van der Waals surface area contributed by atoms with Crippen molar-refractivity contribution < 1.29 is 18.8 Å². The molecule has 0 bridgehead atoms. The predicted octanol–water partition coefficient (Wildman–Crippen LogP) is 3.81. The summed E-state index contributed by atoms with van der Waals surface area (Å²) in [5.74, 6) is 0.421. The monoisotopic (exact) mass is 361 g/mol. The highest BCUT2D eigenvalue weighted by Crippen LogP contribution is 2.24. The Labute approximate surface area is 154 Å². The van der Waals surface area contributed by atoms with Crippen molar-refractivity contribution in [3.8, 4) is 5.88 Å². The van der Waals surface area contributed by atoms with Crippen molar-refractivity contribution in [3.05, 3.63) is 35.7 Å². The van der Waals surface area contributed by atoms with Crippen molar-refractivity contribution >= 4 is 11.8 Å². The zero-order valence-corrected chi connectivity index (χ0v) is 16.3. The summed E-state index contributed by atoms with van der Waals surface area (Å²) in [5.41, 5.74) is 0.819. The van der Waals surface area contributed by atoms with Gasteiger partial charge in [0.25, 0.3) is 5.91 Å². The van der Waals surface area contributed by atoms with E-state index in [0.717, 1.165) is 5.69 Å². The number of carbonyl (C=O) groups is 1. The average molecular weight is 361 g/mol. The first-order chi connectivity index (χ1) is 12.0. The molecule has 0 spiro atoms. The van der Waals surface area contributed by atoms with E-state index in [9.17, 15) is 4.79 Å². The summed E-state index contributed by atoms with van der Waals surface area (Å²) >= 11 is 0. The Bertz CT molecular complexity index is 724. The van der Waals surface area contributed by atoms with Crippen molar-refractivity contribution in [2.45, 2.75) is 52.6 Å². The molecule has 0 unspecified atom stereocenters. The molecule has 2 rings (SSSR count). The van der Waals surface area contributed by atoms with E-state index in [-0.39, 0.29) is 16.9 Å². The van der Waals surface area contributed by atoms with Gasteiger partial charge in [-0.1, -0.05) is 25.9 Å². The first-order valence-electron chi connectivity index (χ1n) is 8.56. The number of pyridine rings is 1. The van der Waals surface area contributed by atoms with Crippen molar-refractivity contribution in [1.29, 1.82) is 0 Å². The molecular formula is C19H27N3O4. The summed E-state index contributed by atoms with van der Waals surface area (Å²) < 4.78 is 16.2. The zero-order valence-electron chi connectivity index (χ0n) is 16.3. The Balaban J connectivity index is 1.87. The van der Waals surface area contributed by atoms with Gasteiger partial charge in [-0.15, -0.1) is 0 Å². The summed E-state index contributed by atoms with van der Waals surface area (Å²) in [6.45, 7) is 12.9. The van der Waals surface area contributed by atoms with Gasteiger partial charge < -0.3 is 14.0 Å². The van der Waals surface area contributed by atoms with Crippen LogP contribution in [0.1, 0.15) is 57.6 Å². The highest BCUT2D eigenvalue weighted by Gasteiger charge is 2.20. The topological polar surface area (TPSA) is 86.5 Å². The van der Waals surface area contributed by atoms with Crippen LogP contribution in [-0.4, -0.2) is 34.9 Å². The van der Waals surface area contributed by atoms with E-state index < -0.39 is 0 Å². The molecule has 7 nitrogen and oxygen atoms in total. The van der Waals surface area contributed by atoms with E-state index in [1.54, 1.807) is 18.2 Å². The summed E-state index contributed by atoms with van der Waals surface area (Å²) in [6, 6.07) is 5.01. The Kier molecular flexibility index (Phi) is 6.02. The van der Waals surface area contributed by atoms with E-state index in [1.807, 2.05) is 41.5 Å². The molecule has 2 heterocycles. The summed E-state index contributed by atoms with van der Waals surface area (Å²) in [7, 11) is 0. The van der Waals surface area contributed by atoms with E-state index in [4.69, 9.17) is 14.0 Å². The van der Waals surface area contributed by atoms with Crippen molar-refractivity contribution in [1.82, 2.24) is 10.1 Å². The van der Waals surface area contributed by atoms with Crippen molar-refractivity contribution in [2.75, 3.05) is 18.5 Å². The van der Waals surface area contributed by atoms with E-state index in [1.165, 1.54) is 6.20 Å².